The minimum Gasteiger partial charge on any atom is -0.484 e. The van der Waals surface area contributed by atoms with Crippen molar-refractivity contribution in [2.75, 3.05) is 6.61 Å². The number of hydrazone groups is 1. The van der Waals surface area contributed by atoms with Crippen molar-refractivity contribution in [3.05, 3.63) is 94.0 Å². The summed E-state index contributed by atoms with van der Waals surface area (Å²) >= 11 is 3.32. The predicted molar refractivity (Wildman–Crippen MR) is 118 cm³/mol. The maximum atomic E-state index is 12.1. The van der Waals surface area contributed by atoms with Gasteiger partial charge in [-0.1, -0.05) is 33.6 Å². The molecule has 3 aromatic carbocycles. The van der Waals surface area contributed by atoms with Gasteiger partial charge in [0.2, 0.25) is 0 Å². The predicted octanol–water partition coefficient (Wildman–Crippen LogP) is 4.51. The van der Waals surface area contributed by atoms with Crippen molar-refractivity contribution in [1.82, 2.24) is 5.43 Å². The van der Waals surface area contributed by atoms with Crippen LogP contribution < -0.4 is 14.9 Å². The summed E-state index contributed by atoms with van der Waals surface area (Å²) in [6.45, 7) is 1.84. The second-order valence-electron chi connectivity index (χ2n) is 6.36. The van der Waals surface area contributed by atoms with Gasteiger partial charge >= 0.3 is 5.97 Å². The van der Waals surface area contributed by atoms with E-state index < -0.39 is 5.97 Å². The molecule has 0 fully saturated rings. The van der Waals surface area contributed by atoms with Crippen LogP contribution in [0, 0.1) is 6.92 Å². The lowest BCUT2D eigenvalue weighted by molar-refractivity contribution is -0.123. The first-order chi connectivity index (χ1) is 14.5. The maximum absolute atomic E-state index is 12.1. The Hall–Kier alpha value is -3.45. The van der Waals surface area contributed by atoms with Crippen LogP contribution in [-0.4, -0.2) is 24.7 Å². The summed E-state index contributed by atoms with van der Waals surface area (Å²) in [5.41, 5.74) is 4.71. The van der Waals surface area contributed by atoms with E-state index in [0.717, 1.165) is 15.6 Å². The zero-order valence-corrected chi connectivity index (χ0v) is 17.8. The molecule has 152 valence electrons. The summed E-state index contributed by atoms with van der Waals surface area (Å²) < 4.78 is 11.6. The molecule has 1 N–H and O–H groups in total. The van der Waals surface area contributed by atoms with Crippen molar-refractivity contribution in [1.29, 1.82) is 0 Å². The molecule has 0 aliphatic heterocycles. The van der Waals surface area contributed by atoms with Gasteiger partial charge in [0, 0.05) is 4.47 Å². The number of carbonyl (C=O) groups is 2. The van der Waals surface area contributed by atoms with E-state index >= 15 is 0 Å². The monoisotopic (exact) mass is 466 g/mol. The number of carbonyl (C=O) groups excluding carboxylic acids is 2. The lowest BCUT2D eigenvalue weighted by atomic mass is 10.2. The Morgan fingerprint density at radius 3 is 2.23 bits per heavy atom. The largest absolute Gasteiger partial charge is 0.484 e. The van der Waals surface area contributed by atoms with Crippen molar-refractivity contribution in [2.45, 2.75) is 6.92 Å². The average molecular weight is 467 g/mol. The third-order valence-electron chi connectivity index (χ3n) is 3.96. The van der Waals surface area contributed by atoms with Crippen molar-refractivity contribution in [2.24, 2.45) is 5.10 Å². The number of aryl methyl sites for hydroxylation is 1. The fraction of sp³-hybridized carbons (Fsp3) is 0.0870. The van der Waals surface area contributed by atoms with Crippen LogP contribution in [0.1, 0.15) is 21.5 Å². The van der Waals surface area contributed by atoms with Gasteiger partial charge in [0.15, 0.2) is 6.61 Å². The molecule has 3 aromatic rings. The van der Waals surface area contributed by atoms with Gasteiger partial charge in [-0.2, -0.15) is 5.10 Å². The number of benzene rings is 3. The summed E-state index contributed by atoms with van der Waals surface area (Å²) in [5, 5.41) is 3.90. The Morgan fingerprint density at radius 2 is 1.57 bits per heavy atom. The molecule has 0 atom stereocenters. The maximum Gasteiger partial charge on any atom is 0.343 e. The fourth-order valence-corrected chi connectivity index (χ4v) is 2.63. The molecular weight excluding hydrogens is 448 g/mol. The molecule has 6 nitrogen and oxygen atoms in total. The first-order valence-electron chi connectivity index (χ1n) is 9.09. The third kappa shape index (κ3) is 6.56. The number of esters is 1. The molecule has 1 amide bonds. The molecule has 0 aliphatic rings. The Morgan fingerprint density at radius 1 is 0.933 bits per heavy atom. The van der Waals surface area contributed by atoms with E-state index in [1.165, 1.54) is 6.21 Å². The number of halogens is 1. The number of rotatable bonds is 7. The highest BCUT2D eigenvalue weighted by molar-refractivity contribution is 9.10. The van der Waals surface area contributed by atoms with Gasteiger partial charge in [-0.3, -0.25) is 4.79 Å². The molecule has 7 heteroatoms. The van der Waals surface area contributed by atoms with Crippen LogP contribution in [0.15, 0.2) is 82.4 Å². The molecular formula is C23H19BrN2O4. The van der Waals surface area contributed by atoms with E-state index in [-0.39, 0.29) is 12.5 Å². The van der Waals surface area contributed by atoms with Crippen LogP contribution in [-0.2, 0) is 4.79 Å². The van der Waals surface area contributed by atoms with Gasteiger partial charge in [-0.15, -0.1) is 0 Å². The number of hydrogen-bond acceptors (Lipinski definition) is 5. The van der Waals surface area contributed by atoms with Crippen LogP contribution in [0.3, 0.4) is 0 Å². The zero-order chi connectivity index (χ0) is 21.3. The first-order valence-corrected chi connectivity index (χ1v) is 9.88. The second kappa shape index (κ2) is 10.4. The van der Waals surface area contributed by atoms with Gasteiger partial charge < -0.3 is 9.47 Å². The number of ether oxygens (including phenoxy) is 2. The highest BCUT2D eigenvalue weighted by Crippen LogP contribution is 2.16. The lowest BCUT2D eigenvalue weighted by Crippen LogP contribution is -2.24. The topological polar surface area (TPSA) is 77.0 Å². The minimum absolute atomic E-state index is 0.134. The second-order valence-corrected chi connectivity index (χ2v) is 7.28. The van der Waals surface area contributed by atoms with Gasteiger partial charge in [0.25, 0.3) is 5.91 Å². The third-order valence-corrected chi connectivity index (χ3v) is 4.49. The zero-order valence-electron chi connectivity index (χ0n) is 16.2. The molecule has 0 spiro atoms. The molecule has 0 aliphatic carbocycles. The normalized spacial score (nSPS) is 10.6. The Balaban J connectivity index is 1.45. The highest BCUT2D eigenvalue weighted by atomic mass is 79.9. The van der Waals surface area contributed by atoms with Crippen molar-refractivity contribution < 1.29 is 19.1 Å². The molecule has 0 heterocycles. The van der Waals surface area contributed by atoms with E-state index in [0.29, 0.717) is 17.1 Å². The molecule has 0 saturated heterocycles. The van der Waals surface area contributed by atoms with E-state index in [4.69, 9.17) is 9.47 Å². The SMILES string of the molecule is Cc1ccc(OCC(=O)N/N=C/c2ccc(OC(=O)c3ccc(Br)cc3)cc2)cc1. The quantitative estimate of drug-likeness (QED) is 0.240. The average Bonchev–Trinajstić information content (AvgIpc) is 2.75. The fourth-order valence-electron chi connectivity index (χ4n) is 2.37. The molecule has 0 radical (unpaired) electrons. The Bertz CT molecular complexity index is 1030. The minimum atomic E-state index is -0.440. The standard InChI is InChI=1S/C23H19BrN2O4/c1-16-2-10-20(11-3-16)29-15-22(27)26-25-14-17-4-12-21(13-5-17)30-23(28)18-6-8-19(24)9-7-18/h2-14H,15H2,1H3,(H,26,27)/b25-14+. The van der Waals surface area contributed by atoms with Crippen LogP contribution in [0.4, 0.5) is 0 Å². The van der Waals surface area contributed by atoms with E-state index in [1.54, 1.807) is 60.7 Å². The highest BCUT2D eigenvalue weighted by Gasteiger charge is 2.08. The van der Waals surface area contributed by atoms with Crippen LogP contribution in [0.2, 0.25) is 0 Å². The van der Waals surface area contributed by atoms with Crippen LogP contribution in [0.5, 0.6) is 11.5 Å². The molecule has 0 bridgehead atoms. The van der Waals surface area contributed by atoms with E-state index in [2.05, 4.69) is 26.5 Å². The lowest BCUT2D eigenvalue weighted by Gasteiger charge is -2.05. The van der Waals surface area contributed by atoms with E-state index in [9.17, 15) is 9.59 Å². The Kier molecular flexibility index (Phi) is 7.34. The summed E-state index contributed by atoms with van der Waals surface area (Å²) in [6, 6.07) is 21.1. The van der Waals surface area contributed by atoms with Gasteiger partial charge in [-0.25, -0.2) is 10.2 Å². The Labute approximate surface area is 182 Å². The number of amides is 1. The van der Waals surface area contributed by atoms with Crippen LogP contribution >= 0.6 is 15.9 Å². The van der Waals surface area contributed by atoms with Crippen molar-refractivity contribution in [3.8, 4) is 11.5 Å². The number of nitrogens with one attached hydrogen (secondary N) is 1. The first kappa shape index (κ1) is 21.3. The number of nitrogens with zero attached hydrogens (tertiary/aromatic N) is 1. The smallest absolute Gasteiger partial charge is 0.343 e. The molecule has 0 unspecified atom stereocenters. The van der Waals surface area contributed by atoms with Gasteiger partial charge in [0.05, 0.1) is 11.8 Å². The molecule has 3 rings (SSSR count). The molecule has 0 saturated carbocycles. The molecule has 0 aromatic heterocycles. The summed E-state index contributed by atoms with van der Waals surface area (Å²) in [4.78, 5) is 23.9. The van der Waals surface area contributed by atoms with Gasteiger partial charge in [-0.05, 0) is 73.2 Å². The van der Waals surface area contributed by atoms with Crippen molar-refractivity contribution >= 4 is 34.0 Å². The summed E-state index contributed by atoms with van der Waals surface area (Å²) in [5.74, 6) is 0.222. The van der Waals surface area contributed by atoms with Crippen molar-refractivity contribution in [3.63, 3.8) is 0 Å². The summed E-state index contributed by atoms with van der Waals surface area (Å²) in [7, 11) is 0. The summed E-state index contributed by atoms with van der Waals surface area (Å²) in [6.07, 6.45) is 1.49. The van der Waals surface area contributed by atoms with Gasteiger partial charge in [0.1, 0.15) is 11.5 Å². The van der Waals surface area contributed by atoms with Crippen LogP contribution in [0.25, 0.3) is 0 Å². The number of hydrogen-bond donors (Lipinski definition) is 1. The molecule has 30 heavy (non-hydrogen) atoms. The van der Waals surface area contributed by atoms with E-state index in [1.807, 2.05) is 19.1 Å².